The summed E-state index contributed by atoms with van der Waals surface area (Å²) in [4.78, 5) is 15.2. The van der Waals surface area contributed by atoms with Gasteiger partial charge in [-0.05, 0) is 12.5 Å². The standard InChI is InChI=1S/C12H14FN3O4/c1-2-4-11-9(17)12(11,19)7(13)8(20-11)16-5-3-6(14)15-10(16)18/h2-3,5,7-9,17,19H,1,4H2,(H2,14,15,18)/t7-,8+,9?,11+,12+/m0/s1. The molecule has 1 aliphatic carbocycles. The molecule has 1 unspecified atom stereocenters. The molecular weight excluding hydrogens is 269 g/mol. The van der Waals surface area contributed by atoms with Crippen LogP contribution in [0, 0.1) is 0 Å². The third-order valence-electron chi connectivity index (χ3n) is 4.03. The number of ether oxygens (including phenoxy) is 1. The van der Waals surface area contributed by atoms with E-state index in [0.29, 0.717) is 0 Å². The highest BCUT2D eigenvalue weighted by atomic mass is 19.1. The lowest BCUT2D eigenvalue weighted by Crippen LogP contribution is -2.38. The highest BCUT2D eigenvalue weighted by Crippen LogP contribution is 2.64. The number of anilines is 1. The van der Waals surface area contributed by atoms with E-state index in [-0.39, 0.29) is 12.2 Å². The molecule has 7 nitrogen and oxygen atoms in total. The predicted octanol–water partition coefficient (Wildman–Crippen LogP) is -0.887. The summed E-state index contributed by atoms with van der Waals surface area (Å²) in [5.41, 5.74) is 1.08. The SMILES string of the molecule is C=CC[C@]12O[C@@H](n3ccc(N)nc3=O)[C@H](F)[C@@]1(O)C2O. The number of nitrogens with zero attached hydrogens (tertiary/aromatic N) is 2. The fourth-order valence-corrected chi connectivity index (χ4v) is 2.89. The topological polar surface area (TPSA) is 111 Å². The summed E-state index contributed by atoms with van der Waals surface area (Å²) in [5, 5.41) is 20.0. The van der Waals surface area contributed by atoms with Crippen molar-refractivity contribution in [2.45, 2.75) is 36.1 Å². The number of fused-ring (bicyclic) bond motifs is 1. The van der Waals surface area contributed by atoms with E-state index in [1.165, 1.54) is 18.3 Å². The predicted molar refractivity (Wildman–Crippen MR) is 66.4 cm³/mol. The van der Waals surface area contributed by atoms with Crippen molar-refractivity contribution in [3.05, 3.63) is 35.4 Å². The minimum absolute atomic E-state index is 0.00404. The average molecular weight is 283 g/mol. The summed E-state index contributed by atoms with van der Waals surface area (Å²) in [5.74, 6) is 0.00404. The summed E-state index contributed by atoms with van der Waals surface area (Å²) < 4.78 is 20.7. The van der Waals surface area contributed by atoms with Gasteiger partial charge >= 0.3 is 5.69 Å². The van der Waals surface area contributed by atoms with Crippen LogP contribution < -0.4 is 11.4 Å². The Balaban J connectivity index is 1.99. The quantitative estimate of drug-likeness (QED) is 0.621. The molecule has 2 heterocycles. The van der Waals surface area contributed by atoms with Gasteiger partial charge in [-0.1, -0.05) is 6.08 Å². The van der Waals surface area contributed by atoms with Gasteiger partial charge in [-0.25, -0.2) is 9.18 Å². The molecule has 108 valence electrons. The maximum Gasteiger partial charge on any atom is 0.351 e. The smallest absolute Gasteiger partial charge is 0.351 e. The zero-order chi connectivity index (χ0) is 14.7. The Morgan fingerprint density at radius 3 is 3.00 bits per heavy atom. The first-order valence-electron chi connectivity index (χ1n) is 6.06. The maximum atomic E-state index is 14.4. The van der Waals surface area contributed by atoms with Crippen LogP contribution in [-0.4, -0.2) is 43.2 Å². The molecule has 20 heavy (non-hydrogen) atoms. The van der Waals surface area contributed by atoms with E-state index < -0.39 is 35.4 Å². The Labute approximate surface area is 113 Å². The molecule has 0 bridgehead atoms. The molecule has 0 amide bonds. The van der Waals surface area contributed by atoms with Gasteiger partial charge in [-0.15, -0.1) is 6.58 Å². The second-order valence-corrected chi connectivity index (χ2v) is 5.06. The first kappa shape index (κ1) is 13.2. The fourth-order valence-electron chi connectivity index (χ4n) is 2.89. The van der Waals surface area contributed by atoms with Crippen molar-refractivity contribution >= 4 is 5.82 Å². The summed E-state index contributed by atoms with van der Waals surface area (Å²) in [7, 11) is 0. The Morgan fingerprint density at radius 1 is 1.70 bits per heavy atom. The molecule has 1 saturated carbocycles. The molecule has 3 rings (SSSR count). The average Bonchev–Trinajstić information content (AvgIpc) is 2.73. The molecular formula is C12H14FN3O4. The molecule has 2 aliphatic rings. The van der Waals surface area contributed by atoms with Gasteiger partial charge in [0, 0.05) is 6.20 Å². The second-order valence-electron chi connectivity index (χ2n) is 5.06. The van der Waals surface area contributed by atoms with Gasteiger partial charge in [-0.3, -0.25) is 4.57 Å². The number of aromatic nitrogens is 2. The molecule has 0 radical (unpaired) electrons. The molecule has 1 aliphatic heterocycles. The Hall–Kier alpha value is -1.77. The van der Waals surface area contributed by atoms with Crippen LogP contribution in [0.1, 0.15) is 12.6 Å². The van der Waals surface area contributed by atoms with Crippen LogP contribution in [0.5, 0.6) is 0 Å². The summed E-state index contributed by atoms with van der Waals surface area (Å²) in [6.07, 6.45) is -1.94. The number of aliphatic hydroxyl groups is 2. The van der Waals surface area contributed by atoms with Crippen molar-refractivity contribution in [2.24, 2.45) is 0 Å². The van der Waals surface area contributed by atoms with Crippen LogP contribution in [0.15, 0.2) is 29.7 Å². The lowest BCUT2D eigenvalue weighted by molar-refractivity contribution is -0.0922. The van der Waals surface area contributed by atoms with Gasteiger partial charge in [-0.2, -0.15) is 4.98 Å². The molecule has 5 atom stereocenters. The number of halogens is 1. The van der Waals surface area contributed by atoms with Crippen LogP contribution in [0.25, 0.3) is 0 Å². The zero-order valence-electron chi connectivity index (χ0n) is 10.4. The molecule has 1 aromatic heterocycles. The van der Waals surface area contributed by atoms with Gasteiger partial charge in [0.2, 0.25) is 0 Å². The summed E-state index contributed by atoms with van der Waals surface area (Å²) in [6.45, 7) is 3.49. The van der Waals surface area contributed by atoms with E-state index in [1.807, 2.05) is 0 Å². The van der Waals surface area contributed by atoms with Gasteiger partial charge in [0.05, 0.1) is 0 Å². The lowest BCUT2D eigenvalue weighted by Gasteiger charge is -2.21. The molecule has 8 heteroatoms. The number of hydrogen-bond acceptors (Lipinski definition) is 6. The Morgan fingerprint density at radius 2 is 2.40 bits per heavy atom. The normalized spacial score (nSPS) is 42.2. The summed E-state index contributed by atoms with van der Waals surface area (Å²) in [6, 6.07) is 1.32. The number of aliphatic hydroxyl groups excluding tert-OH is 1. The van der Waals surface area contributed by atoms with Gasteiger partial charge < -0.3 is 20.7 Å². The van der Waals surface area contributed by atoms with Crippen molar-refractivity contribution in [1.82, 2.24) is 9.55 Å². The first-order chi connectivity index (χ1) is 9.38. The van der Waals surface area contributed by atoms with E-state index in [9.17, 15) is 19.4 Å². The van der Waals surface area contributed by atoms with E-state index in [2.05, 4.69) is 11.6 Å². The molecule has 1 aromatic rings. The first-order valence-corrected chi connectivity index (χ1v) is 6.06. The monoisotopic (exact) mass is 283 g/mol. The van der Waals surface area contributed by atoms with Crippen LogP contribution in [0.4, 0.5) is 10.2 Å². The minimum atomic E-state index is -2.04. The van der Waals surface area contributed by atoms with Gasteiger partial charge in [0.25, 0.3) is 0 Å². The summed E-state index contributed by atoms with van der Waals surface area (Å²) >= 11 is 0. The third kappa shape index (κ3) is 1.33. The van der Waals surface area contributed by atoms with Crippen LogP contribution in [-0.2, 0) is 4.74 Å². The van der Waals surface area contributed by atoms with E-state index in [1.54, 1.807) is 0 Å². The van der Waals surface area contributed by atoms with Crippen LogP contribution >= 0.6 is 0 Å². The highest BCUT2D eigenvalue weighted by Gasteiger charge is 2.87. The highest BCUT2D eigenvalue weighted by molar-refractivity contribution is 5.36. The maximum absolute atomic E-state index is 14.4. The minimum Gasteiger partial charge on any atom is -0.387 e. The van der Waals surface area contributed by atoms with Crippen molar-refractivity contribution in [1.29, 1.82) is 0 Å². The number of nitrogens with two attached hydrogens (primary N) is 1. The van der Waals surface area contributed by atoms with Crippen LogP contribution in [0.3, 0.4) is 0 Å². The molecule has 0 spiro atoms. The van der Waals surface area contributed by atoms with Crippen molar-refractivity contribution in [2.75, 3.05) is 5.73 Å². The van der Waals surface area contributed by atoms with Crippen molar-refractivity contribution < 1.29 is 19.3 Å². The fraction of sp³-hybridized carbons (Fsp3) is 0.500. The third-order valence-corrected chi connectivity index (χ3v) is 4.03. The molecule has 0 aromatic carbocycles. The molecule has 1 saturated heterocycles. The number of nitrogen functional groups attached to an aromatic ring is 1. The molecule has 2 fully saturated rings. The number of rotatable bonds is 3. The van der Waals surface area contributed by atoms with Crippen molar-refractivity contribution in [3.8, 4) is 0 Å². The second kappa shape index (κ2) is 3.87. The van der Waals surface area contributed by atoms with Gasteiger partial charge in [0.1, 0.15) is 17.5 Å². The zero-order valence-corrected chi connectivity index (χ0v) is 10.4. The van der Waals surface area contributed by atoms with Crippen LogP contribution in [0.2, 0.25) is 0 Å². The van der Waals surface area contributed by atoms with E-state index in [0.717, 1.165) is 4.57 Å². The Kier molecular flexibility index (Phi) is 2.56. The lowest BCUT2D eigenvalue weighted by atomic mass is 10.1. The largest absolute Gasteiger partial charge is 0.387 e. The van der Waals surface area contributed by atoms with E-state index >= 15 is 0 Å². The number of alkyl halides is 1. The molecule has 4 N–H and O–H groups in total. The van der Waals surface area contributed by atoms with E-state index in [4.69, 9.17) is 10.5 Å². The van der Waals surface area contributed by atoms with Gasteiger partial charge in [0.15, 0.2) is 18.0 Å². The van der Waals surface area contributed by atoms with Crippen molar-refractivity contribution in [3.63, 3.8) is 0 Å². The number of hydrogen-bond donors (Lipinski definition) is 3. The Bertz CT molecular complexity index is 635.